The number of rotatable bonds is 0. The molecule has 0 bridgehead atoms. The first kappa shape index (κ1) is 9.12. The summed E-state index contributed by atoms with van der Waals surface area (Å²) in [6.07, 6.45) is -3.17. The third-order valence-electron chi connectivity index (χ3n) is 2.00. The topological polar surface area (TPSA) is 9.23 Å². The highest BCUT2D eigenvalue weighted by Gasteiger charge is 2.35. The fourth-order valence-electron chi connectivity index (χ4n) is 1.28. The number of fused-ring (bicyclic) bond motifs is 1. The van der Waals surface area contributed by atoms with Crippen LogP contribution in [0.4, 0.5) is 13.2 Å². The van der Waals surface area contributed by atoms with E-state index < -0.39 is 18.4 Å². The number of benzene rings is 1. The molecule has 0 aromatic heterocycles. The molecule has 1 aliphatic rings. The standard InChI is InChI=1S/C10H7F3O/c11-10(12,13)8-5-7-3-1-2-4-9(7)14-6-8/h1-5H,6H2. The van der Waals surface area contributed by atoms with Crippen LogP contribution in [0.25, 0.3) is 6.08 Å². The molecule has 1 aromatic carbocycles. The zero-order valence-corrected chi connectivity index (χ0v) is 7.14. The molecule has 0 saturated heterocycles. The van der Waals surface area contributed by atoms with Gasteiger partial charge in [0.25, 0.3) is 0 Å². The minimum absolute atomic E-state index is 0.402. The summed E-state index contributed by atoms with van der Waals surface area (Å²) in [4.78, 5) is 0. The normalized spacial score (nSPS) is 15.5. The van der Waals surface area contributed by atoms with Gasteiger partial charge in [-0.05, 0) is 12.1 Å². The van der Waals surface area contributed by atoms with Crippen molar-refractivity contribution in [2.75, 3.05) is 6.61 Å². The summed E-state index contributed by atoms with van der Waals surface area (Å²) in [6, 6.07) is 6.66. The Morgan fingerprint density at radius 3 is 2.57 bits per heavy atom. The predicted molar refractivity (Wildman–Crippen MR) is 46.0 cm³/mol. The van der Waals surface area contributed by atoms with Gasteiger partial charge in [-0.3, -0.25) is 0 Å². The molecule has 0 amide bonds. The molecule has 14 heavy (non-hydrogen) atoms. The van der Waals surface area contributed by atoms with Gasteiger partial charge < -0.3 is 4.74 Å². The summed E-state index contributed by atoms with van der Waals surface area (Å²) in [6.45, 7) is -0.402. The maximum Gasteiger partial charge on any atom is 0.415 e. The molecule has 4 heteroatoms. The van der Waals surface area contributed by atoms with Crippen LogP contribution < -0.4 is 4.74 Å². The molecule has 0 aliphatic carbocycles. The van der Waals surface area contributed by atoms with Crippen LogP contribution in [0.3, 0.4) is 0 Å². The SMILES string of the molecule is FC(F)(F)C1=Cc2ccccc2OC1. The van der Waals surface area contributed by atoms with Crippen molar-refractivity contribution in [3.05, 3.63) is 35.4 Å². The van der Waals surface area contributed by atoms with Crippen LogP contribution in [0, 0.1) is 0 Å². The van der Waals surface area contributed by atoms with E-state index in [9.17, 15) is 13.2 Å². The monoisotopic (exact) mass is 200 g/mol. The van der Waals surface area contributed by atoms with Crippen molar-refractivity contribution in [2.45, 2.75) is 6.18 Å². The predicted octanol–water partition coefficient (Wildman–Crippen LogP) is 3.02. The van der Waals surface area contributed by atoms with E-state index in [1.54, 1.807) is 24.3 Å². The molecule has 0 radical (unpaired) electrons. The Morgan fingerprint density at radius 1 is 1.14 bits per heavy atom. The van der Waals surface area contributed by atoms with Gasteiger partial charge in [0.05, 0.1) is 5.57 Å². The summed E-state index contributed by atoms with van der Waals surface area (Å²) in [7, 11) is 0. The summed E-state index contributed by atoms with van der Waals surface area (Å²) < 4.78 is 41.8. The van der Waals surface area contributed by atoms with Crippen LogP contribution in [-0.4, -0.2) is 12.8 Å². The highest BCUT2D eigenvalue weighted by atomic mass is 19.4. The van der Waals surface area contributed by atoms with Crippen molar-refractivity contribution in [2.24, 2.45) is 0 Å². The average Bonchev–Trinajstić information content (AvgIpc) is 2.16. The van der Waals surface area contributed by atoms with E-state index in [0.717, 1.165) is 6.08 Å². The van der Waals surface area contributed by atoms with Gasteiger partial charge in [0, 0.05) is 5.56 Å². The maximum atomic E-state index is 12.3. The van der Waals surface area contributed by atoms with Gasteiger partial charge in [0.1, 0.15) is 12.4 Å². The van der Waals surface area contributed by atoms with Gasteiger partial charge >= 0.3 is 6.18 Å². The van der Waals surface area contributed by atoms with E-state index in [0.29, 0.717) is 11.3 Å². The lowest BCUT2D eigenvalue weighted by Gasteiger charge is -2.19. The Kier molecular flexibility index (Phi) is 1.98. The number of para-hydroxylation sites is 1. The Balaban J connectivity index is 2.41. The average molecular weight is 200 g/mol. The van der Waals surface area contributed by atoms with E-state index in [1.165, 1.54) is 0 Å². The molecule has 1 aliphatic heterocycles. The van der Waals surface area contributed by atoms with Gasteiger partial charge in [0.2, 0.25) is 0 Å². The summed E-state index contributed by atoms with van der Waals surface area (Å²) in [5.41, 5.74) is -0.165. The lowest BCUT2D eigenvalue weighted by Crippen LogP contribution is -2.20. The quantitative estimate of drug-likeness (QED) is 0.625. The number of alkyl halides is 3. The van der Waals surface area contributed by atoms with Crippen LogP contribution in [0.15, 0.2) is 29.8 Å². The first-order chi connectivity index (χ1) is 6.57. The second-order valence-corrected chi connectivity index (χ2v) is 2.99. The molecule has 0 N–H and O–H groups in total. The maximum absolute atomic E-state index is 12.3. The second-order valence-electron chi connectivity index (χ2n) is 2.99. The van der Waals surface area contributed by atoms with Gasteiger partial charge in [-0.25, -0.2) is 0 Å². The lowest BCUT2D eigenvalue weighted by atomic mass is 10.1. The third-order valence-corrected chi connectivity index (χ3v) is 2.00. The third kappa shape index (κ3) is 1.60. The molecular formula is C10H7F3O. The number of ether oxygens (including phenoxy) is 1. The number of hydrogen-bond donors (Lipinski definition) is 0. The Labute approximate surface area is 78.8 Å². The van der Waals surface area contributed by atoms with Gasteiger partial charge in [-0.15, -0.1) is 0 Å². The molecule has 1 nitrogen and oxygen atoms in total. The minimum atomic E-state index is -4.30. The molecule has 0 spiro atoms. The van der Waals surface area contributed by atoms with Crippen molar-refractivity contribution in [1.29, 1.82) is 0 Å². The fourth-order valence-corrected chi connectivity index (χ4v) is 1.28. The van der Waals surface area contributed by atoms with Crippen molar-refractivity contribution in [3.63, 3.8) is 0 Å². The van der Waals surface area contributed by atoms with Crippen molar-refractivity contribution in [1.82, 2.24) is 0 Å². The number of halogens is 3. The van der Waals surface area contributed by atoms with Crippen LogP contribution in [0.2, 0.25) is 0 Å². The molecule has 74 valence electrons. The van der Waals surface area contributed by atoms with Crippen LogP contribution in [-0.2, 0) is 0 Å². The molecule has 0 saturated carbocycles. The van der Waals surface area contributed by atoms with Crippen LogP contribution >= 0.6 is 0 Å². The Hall–Kier alpha value is -1.45. The Morgan fingerprint density at radius 2 is 1.86 bits per heavy atom. The van der Waals surface area contributed by atoms with E-state index in [2.05, 4.69) is 0 Å². The minimum Gasteiger partial charge on any atom is -0.488 e. The highest BCUT2D eigenvalue weighted by Crippen LogP contribution is 2.33. The van der Waals surface area contributed by atoms with E-state index in [-0.39, 0.29) is 0 Å². The molecule has 1 aromatic rings. The summed E-state index contributed by atoms with van der Waals surface area (Å²) in [5, 5.41) is 0. The van der Waals surface area contributed by atoms with Crippen LogP contribution in [0.1, 0.15) is 5.56 Å². The van der Waals surface area contributed by atoms with Gasteiger partial charge in [-0.2, -0.15) is 13.2 Å². The van der Waals surface area contributed by atoms with E-state index in [4.69, 9.17) is 4.74 Å². The van der Waals surface area contributed by atoms with Crippen molar-refractivity contribution >= 4 is 6.08 Å². The smallest absolute Gasteiger partial charge is 0.415 e. The Bertz CT molecular complexity index is 379. The first-order valence-electron chi connectivity index (χ1n) is 4.07. The summed E-state index contributed by atoms with van der Waals surface area (Å²) >= 11 is 0. The molecule has 0 atom stereocenters. The second kappa shape index (κ2) is 3.04. The van der Waals surface area contributed by atoms with Gasteiger partial charge in [0.15, 0.2) is 0 Å². The molecule has 0 unspecified atom stereocenters. The zero-order chi connectivity index (χ0) is 10.2. The highest BCUT2D eigenvalue weighted by molar-refractivity contribution is 5.62. The lowest BCUT2D eigenvalue weighted by molar-refractivity contribution is -0.0960. The van der Waals surface area contributed by atoms with Gasteiger partial charge in [-0.1, -0.05) is 18.2 Å². The van der Waals surface area contributed by atoms with Crippen molar-refractivity contribution in [3.8, 4) is 5.75 Å². The molecular weight excluding hydrogens is 193 g/mol. The fraction of sp³-hybridized carbons (Fsp3) is 0.200. The summed E-state index contributed by atoms with van der Waals surface area (Å²) in [5.74, 6) is 0.500. The largest absolute Gasteiger partial charge is 0.488 e. The first-order valence-corrected chi connectivity index (χ1v) is 4.07. The molecule has 2 rings (SSSR count). The zero-order valence-electron chi connectivity index (χ0n) is 7.14. The van der Waals surface area contributed by atoms with E-state index >= 15 is 0 Å². The molecule has 1 heterocycles. The number of hydrogen-bond acceptors (Lipinski definition) is 1. The van der Waals surface area contributed by atoms with E-state index in [1.807, 2.05) is 0 Å². The molecule has 0 fully saturated rings. The van der Waals surface area contributed by atoms with Crippen LogP contribution in [0.5, 0.6) is 5.75 Å². The van der Waals surface area contributed by atoms with Crippen molar-refractivity contribution < 1.29 is 17.9 Å².